The largest absolute Gasteiger partial charge is 0.376 e. The summed E-state index contributed by atoms with van der Waals surface area (Å²) in [5.74, 6) is 1.75. The van der Waals surface area contributed by atoms with Crippen molar-refractivity contribution in [2.45, 2.75) is 32.3 Å². The SMILES string of the molecule is CNc1nc(C(C)(C)c2ccccc2)nc2c1COCC2. The third-order valence-corrected chi connectivity index (χ3v) is 4.11. The number of hydrogen-bond donors (Lipinski definition) is 1. The topological polar surface area (TPSA) is 47.0 Å². The van der Waals surface area contributed by atoms with Gasteiger partial charge in [-0.25, -0.2) is 9.97 Å². The van der Waals surface area contributed by atoms with Crippen LogP contribution in [0.1, 0.15) is 36.5 Å². The molecule has 21 heavy (non-hydrogen) atoms. The molecule has 0 spiro atoms. The van der Waals surface area contributed by atoms with Gasteiger partial charge in [-0.05, 0) is 19.4 Å². The quantitative estimate of drug-likeness (QED) is 0.941. The highest BCUT2D eigenvalue weighted by Gasteiger charge is 2.29. The van der Waals surface area contributed by atoms with E-state index in [0.29, 0.717) is 6.61 Å². The molecule has 0 saturated heterocycles. The summed E-state index contributed by atoms with van der Waals surface area (Å²) >= 11 is 0. The number of benzene rings is 1. The van der Waals surface area contributed by atoms with Crippen molar-refractivity contribution in [2.24, 2.45) is 0 Å². The van der Waals surface area contributed by atoms with Crippen molar-refractivity contribution in [1.29, 1.82) is 0 Å². The summed E-state index contributed by atoms with van der Waals surface area (Å²) in [5, 5.41) is 3.19. The van der Waals surface area contributed by atoms with Crippen LogP contribution in [0.2, 0.25) is 0 Å². The Morgan fingerprint density at radius 3 is 2.62 bits per heavy atom. The van der Waals surface area contributed by atoms with Gasteiger partial charge in [0.05, 0.1) is 18.9 Å². The molecule has 0 saturated carbocycles. The van der Waals surface area contributed by atoms with E-state index in [1.54, 1.807) is 0 Å². The average molecular weight is 283 g/mol. The molecule has 1 aliphatic rings. The minimum absolute atomic E-state index is 0.222. The number of anilines is 1. The van der Waals surface area contributed by atoms with Crippen molar-refractivity contribution in [2.75, 3.05) is 19.0 Å². The van der Waals surface area contributed by atoms with Crippen LogP contribution in [-0.4, -0.2) is 23.6 Å². The van der Waals surface area contributed by atoms with E-state index < -0.39 is 0 Å². The van der Waals surface area contributed by atoms with Gasteiger partial charge in [0.25, 0.3) is 0 Å². The lowest BCUT2D eigenvalue weighted by Gasteiger charge is -2.27. The smallest absolute Gasteiger partial charge is 0.140 e. The molecule has 0 radical (unpaired) electrons. The highest BCUT2D eigenvalue weighted by molar-refractivity contribution is 5.48. The predicted octanol–water partition coefficient (Wildman–Crippen LogP) is 2.92. The summed E-state index contributed by atoms with van der Waals surface area (Å²) in [6.45, 7) is 5.67. The number of ether oxygens (including phenoxy) is 1. The van der Waals surface area contributed by atoms with Crippen LogP contribution in [0.3, 0.4) is 0 Å². The van der Waals surface area contributed by atoms with Gasteiger partial charge in [0.2, 0.25) is 0 Å². The molecular weight excluding hydrogens is 262 g/mol. The number of aromatic nitrogens is 2. The molecule has 1 aromatic heterocycles. The Balaban J connectivity index is 2.10. The van der Waals surface area contributed by atoms with E-state index in [0.717, 1.165) is 35.9 Å². The van der Waals surface area contributed by atoms with Crippen LogP contribution < -0.4 is 5.32 Å². The summed E-state index contributed by atoms with van der Waals surface area (Å²) in [6, 6.07) is 10.4. The number of hydrogen-bond acceptors (Lipinski definition) is 4. The number of fused-ring (bicyclic) bond motifs is 1. The van der Waals surface area contributed by atoms with Gasteiger partial charge in [0.1, 0.15) is 11.6 Å². The first kappa shape index (κ1) is 14.0. The van der Waals surface area contributed by atoms with Crippen molar-refractivity contribution in [3.05, 3.63) is 53.0 Å². The standard InChI is InChI=1S/C17H21N3O/c1-17(2,12-7-5-4-6-8-12)16-19-14-9-10-21-11-13(14)15(18-3)20-16/h4-8H,9-11H2,1-3H3,(H,18,19,20). The molecule has 1 aromatic carbocycles. The van der Waals surface area contributed by atoms with E-state index in [4.69, 9.17) is 14.7 Å². The summed E-state index contributed by atoms with van der Waals surface area (Å²) in [5.41, 5.74) is 3.20. The maximum atomic E-state index is 5.53. The lowest BCUT2D eigenvalue weighted by molar-refractivity contribution is 0.109. The van der Waals surface area contributed by atoms with Gasteiger partial charge >= 0.3 is 0 Å². The number of rotatable bonds is 3. The van der Waals surface area contributed by atoms with E-state index >= 15 is 0 Å². The van der Waals surface area contributed by atoms with Gasteiger partial charge in [-0.15, -0.1) is 0 Å². The second-order valence-corrected chi connectivity index (χ2v) is 5.86. The zero-order chi connectivity index (χ0) is 14.9. The van der Waals surface area contributed by atoms with Crippen LogP contribution in [0.15, 0.2) is 30.3 Å². The maximum absolute atomic E-state index is 5.53. The molecule has 0 bridgehead atoms. The number of nitrogens with one attached hydrogen (secondary N) is 1. The molecule has 4 nitrogen and oxygen atoms in total. The molecule has 0 aliphatic carbocycles. The van der Waals surface area contributed by atoms with Crippen LogP contribution in [-0.2, 0) is 23.2 Å². The number of nitrogens with zero attached hydrogens (tertiary/aromatic N) is 2. The zero-order valence-electron chi connectivity index (χ0n) is 12.8. The van der Waals surface area contributed by atoms with E-state index in [9.17, 15) is 0 Å². The summed E-state index contributed by atoms with van der Waals surface area (Å²) in [6.07, 6.45) is 0.852. The van der Waals surface area contributed by atoms with E-state index in [1.165, 1.54) is 5.56 Å². The lowest BCUT2D eigenvalue weighted by atomic mass is 9.83. The molecule has 3 rings (SSSR count). The second kappa shape index (κ2) is 5.45. The molecule has 0 atom stereocenters. The fourth-order valence-corrected chi connectivity index (χ4v) is 2.70. The molecular formula is C17H21N3O. The normalized spacial score (nSPS) is 14.6. The molecule has 110 valence electrons. The predicted molar refractivity (Wildman–Crippen MR) is 83.5 cm³/mol. The third-order valence-electron chi connectivity index (χ3n) is 4.11. The van der Waals surface area contributed by atoms with E-state index in [-0.39, 0.29) is 5.41 Å². The summed E-state index contributed by atoms with van der Waals surface area (Å²) < 4.78 is 5.53. The van der Waals surface area contributed by atoms with E-state index in [1.807, 2.05) is 13.1 Å². The Morgan fingerprint density at radius 1 is 1.14 bits per heavy atom. The minimum atomic E-state index is -0.222. The first-order chi connectivity index (χ1) is 10.1. The molecule has 0 unspecified atom stereocenters. The molecule has 0 amide bonds. The molecule has 0 fully saturated rings. The maximum Gasteiger partial charge on any atom is 0.140 e. The summed E-state index contributed by atoms with van der Waals surface area (Å²) in [7, 11) is 1.90. The molecule has 2 heterocycles. The van der Waals surface area contributed by atoms with Gasteiger partial charge in [-0.1, -0.05) is 30.3 Å². The summed E-state index contributed by atoms with van der Waals surface area (Å²) in [4.78, 5) is 9.59. The van der Waals surface area contributed by atoms with Crippen LogP contribution in [0, 0.1) is 0 Å². The Morgan fingerprint density at radius 2 is 1.90 bits per heavy atom. The lowest BCUT2D eigenvalue weighted by Crippen LogP contribution is -2.26. The van der Waals surface area contributed by atoms with Crippen LogP contribution in [0.4, 0.5) is 5.82 Å². The second-order valence-electron chi connectivity index (χ2n) is 5.86. The van der Waals surface area contributed by atoms with E-state index in [2.05, 4.69) is 43.4 Å². The Labute approximate surface area is 125 Å². The molecule has 4 heteroatoms. The Bertz CT molecular complexity index is 621. The van der Waals surface area contributed by atoms with Crippen molar-refractivity contribution in [1.82, 2.24) is 9.97 Å². The van der Waals surface area contributed by atoms with Crippen molar-refractivity contribution in [3.63, 3.8) is 0 Å². The van der Waals surface area contributed by atoms with Gasteiger partial charge in [0, 0.05) is 24.4 Å². The fraction of sp³-hybridized carbons (Fsp3) is 0.412. The zero-order valence-corrected chi connectivity index (χ0v) is 12.8. The highest BCUT2D eigenvalue weighted by atomic mass is 16.5. The van der Waals surface area contributed by atoms with Gasteiger partial charge in [-0.3, -0.25) is 0 Å². The highest BCUT2D eigenvalue weighted by Crippen LogP contribution is 2.32. The average Bonchev–Trinajstić information content (AvgIpc) is 2.54. The van der Waals surface area contributed by atoms with Gasteiger partial charge < -0.3 is 10.1 Å². The van der Waals surface area contributed by atoms with Gasteiger partial charge in [-0.2, -0.15) is 0 Å². The minimum Gasteiger partial charge on any atom is -0.376 e. The third kappa shape index (κ3) is 2.51. The van der Waals surface area contributed by atoms with Crippen molar-refractivity contribution in [3.8, 4) is 0 Å². The molecule has 1 N–H and O–H groups in total. The molecule has 2 aromatic rings. The first-order valence-electron chi connectivity index (χ1n) is 7.34. The Kier molecular flexibility index (Phi) is 3.64. The van der Waals surface area contributed by atoms with Crippen LogP contribution >= 0.6 is 0 Å². The monoisotopic (exact) mass is 283 g/mol. The van der Waals surface area contributed by atoms with Crippen LogP contribution in [0.25, 0.3) is 0 Å². The van der Waals surface area contributed by atoms with Crippen LogP contribution in [0.5, 0.6) is 0 Å². The Hall–Kier alpha value is -1.94. The van der Waals surface area contributed by atoms with Gasteiger partial charge in [0.15, 0.2) is 0 Å². The first-order valence-corrected chi connectivity index (χ1v) is 7.34. The molecule has 1 aliphatic heterocycles. The fourth-order valence-electron chi connectivity index (χ4n) is 2.70. The van der Waals surface area contributed by atoms with Crippen molar-refractivity contribution < 1.29 is 4.74 Å². The van der Waals surface area contributed by atoms with Crippen molar-refractivity contribution >= 4 is 5.82 Å².